The maximum absolute atomic E-state index is 12.5. The van der Waals surface area contributed by atoms with Crippen LogP contribution in [0.5, 0.6) is 0 Å². The third-order valence-corrected chi connectivity index (χ3v) is 6.77. The maximum atomic E-state index is 12.5. The zero-order valence-electron chi connectivity index (χ0n) is 16.9. The highest BCUT2D eigenvalue weighted by atomic mass is 16.5. The molecule has 6 rings (SSSR count). The number of aryl methyl sites for hydroxylation is 2. The summed E-state index contributed by atoms with van der Waals surface area (Å²) in [7, 11) is 0. The summed E-state index contributed by atoms with van der Waals surface area (Å²) >= 11 is 0. The lowest BCUT2D eigenvalue weighted by Crippen LogP contribution is -2.39. The van der Waals surface area contributed by atoms with E-state index in [2.05, 4.69) is 59.0 Å². The minimum absolute atomic E-state index is 0.105. The molecule has 0 aliphatic heterocycles. The molecule has 1 aromatic heterocycles. The Kier molecular flexibility index (Phi) is 4.50. The lowest BCUT2D eigenvalue weighted by Gasteiger charge is -2.45. The molecule has 1 amide bonds. The van der Waals surface area contributed by atoms with Gasteiger partial charge in [-0.3, -0.25) is 4.79 Å². The molecule has 0 fully saturated rings. The highest BCUT2D eigenvalue weighted by Gasteiger charge is 2.42. The quantitative estimate of drug-likeness (QED) is 0.695. The molecule has 3 aliphatic rings. The van der Waals surface area contributed by atoms with Gasteiger partial charge in [-0.15, -0.1) is 0 Å². The Morgan fingerprint density at radius 2 is 1.66 bits per heavy atom. The van der Waals surface area contributed by atoms with Crippen molar-refractivity contribution in [3.8, 4) is 0 Å². The molecule has 0 spiro atoms. The van der Waals surface area contributed by atoms with E-state index in [4.69, 9.17) is 4.52 Å². The van der Waals surface area contributed by atoms with Crippen LogP contribution in [0.3, 0.4) is 0 Å². The molecule has 4 heteroatoms. The molecule has 3 aliphatic carbocycles. The predicted octanol–water partition coefficient (Wildman–Crippen LogP) is 4.64. The molecule has 0 radical (unpaired) electrons. The van der Waals surface area contributed by atoms with Crippen LogP contribution in [0, 0.1) is 19.8 Å². The van der Waals surface area contributed by atoms with Crippen LogP contribution in [0.25, 0.3) is 0 Å². The van der Waals surface area contributed by atoms with Crippen molar-refractivity contribution < 1.29 is 9.32 Å². The number of carbonyl (C=O) groups excluding carboxylic acids is 1. The topological polar surface area (TPSA) is 55.1 Å². The summed E-state index contributed by atoms with van der Waals surface area (Å²) in [6.45, 7) is 4.56. The number of nitrogens with zero attached hydrogens (tertiary/aromatic N) is 1. The summed E-state index contributed by atoms with van der Waals surface area (Å²) in [6.07, 6.45) is 2.25. The van der Waals surface area contributed by atoms with Gasteiger partial charge < -0.3 is 9.84 Å². The number of hydrogen-bond acceptors (Lipinski definition) is 3. The standard InChI is InChI=1S/C25H26N2O2/c1-15-18(16(2)29-27-15)11-12-24(28)26-14-17-13-23-19-7-3-5-9-21(19)25(17)22-10-6-4-8-20(22)23/h3-10,17,23,25H,11-14H2,1-2H3,(H,26,28)/t17-,23?,25?/m0/s1. The first-order valence-electron chi connectivity index (χ1n) is 10.5. The normalized spacial score (nSPS) is 21.5. The second kappa shape index (κ2) is 7.18. The van der Waals surface area contributed by atoms with Gasteiger partial charge in [0.25, 0.3) is 0 Å². The van der Waals surface area contributed by atoms with Crippen LogP contribution in [-0.2, 0) is 11.2 Å². The van der Waals surface area contributed by atoms with Crippen LogP contribution in [0.15, 0.2) is 53.1 Å². The monoisotopic (exact) mass is 386 g/mol. The second-order valence-corrected chi connectivity index (χ2v) is 8.39. The zero-order valence-corrected chi connectivity index (χ0v) is 16.9. The van der Waals surface area contributed by atoms with E-state index in [1.807, 2.05) is 13.8 Å². The fourth-order valence-electron chi connectivity index (χ4n) is 5.39. The highest BCUT2D eigenvalue weighted by molar-refractivity contribution is 5.76. The Morgan fingerprint density at radius 3 is 2.24 bits per heavy atom. The van der Waals surface area contributed by atoms with Gasteiger partial charge in [0.05, 0.1) is 5.69 Å². The second-order valence-electron chi connectivity index (χ2n) is 8.39. The average Bonchev–Trinajstić information content (AvgIpc) is 3.08. The Hall–Kier alpha value is -2.88. The summed E-state index contributed by atoms with van der Waals surface area (Å²) in [5.41, 5.74) is 7.76. The smallest absolute Gasteiger partial charge is 0.220 e. The summed E-state index contributed by atoms with van der Waals surface area (Å²) in [5.74, 6) is 2.17. The van der Waals surface area contributed by atoms with Gasteiger partial charge in [0, 0.05) is 30.4 Å². The molecule has 4 nitrogen and oxygen atoms in total. The molecule has 2 aromatic carbocycles. The van der Waals surface area contributed by atoms with Gasteiger partial charge >= 0.3 is 0 Å². The SMILES string of the molecule is Cc1noc(C)c1CCC(=O)NC[C@@H]1CC2c3ccccc3C1c1ccccc12. The minimum atomic E-state index is 0.105. The molecule has 2 bridgehead atoms. The van der Waals surface area contributed by atoms with Gasteiger partial charge in [-0.2, -0.15) is 0 Å². The number of nitrogens with one attached hydrogen (secondary N) is 1. The molecule has 3 aromatic rings. The molecule has 148 valence electrons. The van der Waals surface area contributed by atoms with Crippen LogP contribution in [0.1, 0.15) is 63.9 Å². The lowest BCUT2D eigenvalue weighted by molar-refractivity contribution is -0.121. The van der Waals surface area contributed by atoms with Gasteiger partial charge in [0.1, 0.15) is 5.76 Å². The van der Waals surface area contributed by atoms with E-state index >= 15 is 0 Å². The number of rotatable bonds is 5. The third-order valence-electron chi connectivity index (χ3n) is 6.77. The van der Waals surface area contributed by atoms with Crippen LogP contribution in [-0.4, -0.2) is 17.6 Å². The van der Waals surface area contributed by atoms with Gasteiger partial charge in [-0.05, 0) is 54.9 Å². The molecular weight excluding hydrogens is 360 g/mol. The molecule has 1 N–H and O–H groups in total. The maximum Gasteiger partial charge on any atom is 0.220 e. The van der Waals surface area contributed by atoms with Gasteiger partial charge in [0.2, 0.25) is 5.91 Å². The first-order chi connectivity index (χ1) is 14.1. The van der Waals surface area contributed by atoms with Crippen LogP contribution in [0.2, 0.25) is 0 Å². The Labute approximate surface area is 171 Å². The van der Waals surface area contributed by atoms with Crippen molar-refractivity contribution in [3.63, 3.8) is 0 Å². The van der Waals surface area contributed by atoms with Crippen molar-refractivity contribution in [3.05, 3.63) is 87.8 Å². The van der Waals surface area contributed by atoms with Crippen molar-refractivity contribution in [2.75, 3.05) is 6.54 Å². The first-order valence-corrected chi connectivity index (χ1v) is 10.5. The van der Waals surface area contributed by atoms with Crippen LogP contribution in [0.4, 0.5) is 0 Å². The van der Waals surface area contributed by atoms with Crippen molar-refractivity contribution in [2.24, 2.45) is 5.92 Å². The van der Waals surface area contributed by atoms with Crippen LogP contribution < -0.4 is 5.32 Å². The third kappa shape index (κ3) is 3.07. The number of fused-ring (bicyclic) bond motifs is 1. The summed E-state index contributed by atoms with van der Waals surface area (Å²) in [4.78, 5) is 12.5. The predicted molar refractivity (Wildman–Crippen MR) is 112 cm³/mol. The number of amides is 1. The molecule has 1 heterocycles. The molecule has 1 atom stereocenters. The number of carbonyl (C=O) groups is 1. The highest BCUT2D eigenvalue weighted by Crippen LogP contribution is 2.55. The Morgan fingerprint density at radius 1 is 1.03 bits per heavy atom. The van der Waals surface area contributed by atoms with Crippen LogP contribution >= 0.6 is 0 Å². The fraction of sp³-hybridized carbons (Fsp3) is 0.360. The van der Waals surface area contributed by atoms with Gasteiger partial charge in [0.15, 0.2) is 0 Å². The minimum Gasteiger partial charge on any atom is -0.361 e. The fourth-order valence-corrected chi connectivity index (χ4v) is 5.39. The van der Waals surface area contributed by atoms with E-state index in [9.17, 15) is 4.79 Å². The number of hydrogen-bond donors (Lipinski definition) is 1. The van der Waals surface area contributed by atoms with Crippen molar-refractivity contribution >= 4 is 5.91 Å². The van der Waals surface area contributed by atoms with E-state index in [1.54, 1.807) is 0 Å². The number of aromatic nitrogens is 1. The van der Waals surface area contributed by atoms with Crippen molar-refractivity contribution in [1.82, 2.24) is 10.5 Å². The number of benzene rings is 2. The lowest BCUT2D eigenvalue weighted by atomic mass is 9.59. The summed E-state index contributed by atoms with van der Waals surface area (Å²) < 4.78 is 5.20. The van der Waals surface area contributed by atoms with Crippen molar-refractivity contribution in [1.29, 1.82) is 0 Å². The summed E-state index contributed by atoms with van der Waals surface area (Å²) in [6, 6.07) is 17.7. The molecular formula is C25H26N2O2. The van der Waals surface area contributed by atoms with Gasteiger partial charge in [-0.1, -0.05) is 53.7 Å². The van der Waals surface area contributed by atoms with E-state index in [1.165, 1.54) is 22.3 Å². The molecule has 0 unspecified atom stereocenters. The van der Waals surface area contributed by atoms with Gasteiger partial charge in [-0.25, -0.2) is 0 Å². The Bertz CT molecular complexity index is 1000. The average molecular weight is 386 g/mol. The molecule has 29 heavy (non-hydrogen) atoms. The zero-order chi connectivity index (χ0) is 20.0. The van der Waals surface area contributed by atoms with E-state index in [-0.39, 0.29) is 5.91 Å². The van der Waals surface area contributed by atoms with E-state index < -0.39 is 0 Å². The Balaban J connectivity index is 1.30. The first kappa shape index (κ1) is 18.2. The van der Waals surface area contributed by atoms with E-state index in [0.29, 0.717) is 30.6 Å². The molecule has 0 saturated heterocycles. The largest absolute Gasteiger partial charge is 0.361 e. The summed E-state index contributed by atoms with van der Waals surface area (Å²) in [5, 5.41) is 7.19. The molecule has 0 saturated carbocycles. The van der Waals surface area contributed by atoms with E-state index in [0.717, 1.165) is 30.0 Å². The van der Waals surface area contributed by atoms with Crippen molar-refractivity contribution in [2.45, 2.75) is 44.9 Å².